The summed E-state index contributed by atoms with van der Waals surface area (Å²) in [6.07, 6.45) is 0. The molecule has 3 rings (SSSR count). The van der Waals surface area contributed by atoms with Gasteiger partial charge in [0.25, 0.3) is 17.4 Å². The van der Waals surface area contributed by atoms with Gasteiger partial charge in [0, 0.05) is 31.4 Å². The van der Waals surface area contributed by atoms with Gasteiger partial charge in [-0.25, -0.2) is 0 Å². The van der Waals surface area contributed by atoms with Gasteiger partial charge in [-0.05, 0) is 36.2 Å². The number of nitrogens with zero attached hydrogens (tertiary/aromatic N) is 2. The summed E-state index contributed by atoms with van der Waals surface area (Å²) in [7, 11) is 2.98. The molecule has 1 saturated heterocycles. The van der Waals surface area contributed by atoms with Crippen molar-refractivity contribution < 1.29 is 29.1 Å². The number of carbonyl (C=O) groups excluding carboxylic acids is 2. The van der Waals surface area contributed by atoms with Crippen molar-refractivity contribution in [1.29, 1.82) is 0 Å². The van der Waals surface area contributed by atoms with Crippen LogP contribution in [0.2, 0.25) is 0 Å². The molecule has 9 nitrogen and oxygen atoms in total. The van der Waals surface area contributed by atoms with Gasteiger partial charge in [-0.1, -0.05) is 12.1 Å². The van der Waals surface area contributed by atoms with Crippen molar-refractivity contribution in [2.24, 2.45) is 0 Å². The van der Waals surface area contributed by atoms with Crippen molar-refractivity contribution in [2.45, 2.75) is 13.0 Å². The van der Waals surface area contributed by atoms with Crippen LogP contribution in [-0.2, 0) is 14.3 Å². The molecule has 0 radical (unpaired) electrons. The van der Waals surface area contributed by atoms with Crippen LogP contribution in [0.15, 0.2) is 48.0 Å². The lowest BCUT2D eigenvalue weighted by Gasteiger charge is -2.25. The molecule has 0 bridgehead atoms. The molecule has 0 saturated carbocycles. The smallest absolute Gasteiger partial charge is 0.295 e. The fraction of sp³-hybridized carbons (Fsp3) is 0.273. The van der Waals surface area contributed by atoms with Crippen molar-refractivity contribution in [3.8, 4) is 5.75 Å². The summed E-state index contributed by atoms with van der Waals surface area (Å²) < 4.78 is 10.3. The Morgan fingerprint density at radius 1 is 1.19 bits per heavy atom. The molecule has 1 aliphatic heterocycles. The highest BCUT2D eigenvalue weighted by Crippen LogP contribution is 2.40. The number of hydrogen-bond donors (Lipinski definition) is 1. The maximum absolute atomic E-state index is 12.9. The molecule has 1 atom stereocenters. The first-order valence-corrected chi connectivity index (χ1v) is 9.46. The normalized spacial score (nSPS) is 17.8. The Morgan fingerprint density at radius 2 is 1.94 bits per heavy atom. The fourth-order valence-corrected chi connectivity index (χ4v) is 3.64. The van der Waals surface area contributed by atoms with Crippen LogP contribution in [-0.4, -0.2) is 54.0 Å². The topological polar surface area (TPSA) is 119 Å². The van der Waals surface area contributed by atoms with E-state index in [1.165, 1.54) is 37.3 Å². The van der Waals surface area contributed by atoms with Gasteiger partial charge < -0.3 is 19.5 Å². The minimum absolute atomic E-state index is 0.0762. The highest BCUT2D eigenvalue weighted by Gasteiger charge is 2.46. The van der Waals surface area contributed by atoms with Crippen LogP contribution in [0.25, 0.3) is 5.76 Å². The van der Waals surface area contributed by atoms with Gasteiger partial charge >= 0.3 is 0 Å². The number of aryl methyl sites for hydroxylation is 1. The number of amides is 1. The number of likely N-dealkylation sites (tertiary alicyclic amines) is 1. The average molecular weight is 426 g/mol. The number of hydrogen-bond acceptors (Lipinski definition) is 7. The lowest BCUT2D eigenvalue weighted by atomic mass is 9.94. The Bertz CT molecular complexity index is 1080. The van der Waals surface area contributed by atoms with Gasteiger partial charge in [-0.3, -0.25) is 19.7 Å². The monoisotopic (exact) mass is 426 g/mol. The number of ketones is 1. The van der Waals surface area contributed by atoms with E-state index in [1.54, 1.807) is 31.2 Å². The van der Waals surface area contributed by atoms with Crippen molar-refractivity contribution in [1.82, 2.24) is 4.90 Å². The number of methoxy groups -OCH3 is 2. The van der Waals surface area contributed by atoms with Gasteiger partial charge in [-0.15, -0.1) is 0 Å². The predicted molar refractivity (Wildman–Crippen MR) is 112 cm³/mol. The number of nitro benzene ring substituents is 1. The van der Waals surface area contributed by atoms with E-state index in [4.69, 9.17) is 9.47 Å². The van der Waals surface area contributed by atoms with E-state index in [1.807, 2.05) is 0 Å². The largest absolute Gasteiger partial charge is 0.507 e. The van der Waals surface area contributed by atoms with E-state index < -0.39 is 22.7 Å². The molecule has 9 heteroatoms. The second-order valence-corrected chi connectivity index (χ2v) is 7.02. The molecule has 1 aliphatic rings. The van der Waals surface area contributed by atoms with Crippen molar-refractivity contribution in [2.75, 3.05) is 27.4 Å². The Morgan fingerprint density at radius 3 is 2.55 bits per heavy atom. The van der Waals surface area contributed by atoms with Gasteiger partial charge in [0.1, 0.15) is 11.5 Å². The highest BCUT2D eigenvalue weighted by atomic mass is 16.6. The molecule has 31 heavy (non-hydrogen) atoms. The molecule has 0 spiro atoms. The van der Waals surface area contributed by atoms with E-state index in [0.29, 0.717) is 16.9 Å². The van der Waals surface area contributed by atoms with Crippen LogP contribution in [0, 0.1) is 17.0 Å². The van der Waals surface area contributed by atoms with Gasteiger partial charge in [0.05, 0.1) is 30.3 Å². The second kappa shape index (κ2) is 8.97. The number of aliphatic hydroxyl groups excluding tert-OH is 1. The molecular weight excluding hydrogens is 404 g/mol. The predicted octanol–water partition coefficient (Wildman–Crippen LogP) is 2.98. The van der Waals surface area contributed by atoms with Crippen LogP contribution < -0.4 is 4.74 Å². The zero-order valence-electron chi connectivity index (χ0n) is 17.3. The van der Waals surface area contributed by atoms with Crippen molar-refractivity contribution in [3.63, 3.8) is 0 Å². The molecule has 162 valence electrons. The summed E-state index contributed by atoms with van der Waals surface area (Å²) in [5, 5.41) is 22.3. The Kier molecular flexibility index (Phi) is 6.36. The lowest BCUT2D eigenvalue weighted by molar-refractivity contribution is -0.384. The third-order valence-electron chi connectivity index (χ3n) is 5.14. The molecular formula is C22H22N2O7. The minimum atomic E-state index is -0.988. The number of carbonyl (C=O) groups is 2. The van der Waals surface area contributed by atoms with E-state index in [2.05, 4.69) is 0 Å². The second-order valence-electron chi connectivity index (χ2n) is 7.02. The quantitative estimate of drug-likeness (QED) is 0.238. The van der Waals surface area contributed by atoms with E-state index in [-0.39, 0.29) is 30.2 Å². The third-order valence-corrected chi connectivity index (χ3v) is 5.14. The molecule has 0 unspecified atom stereocenters. The number of non-ortho nitro benzene ring substituents is 1. The molecule has 1 amide bonds. The maximum Gasteiger partial charge on any atom is 0.295 e. The summed E-state index contributed by atoms with van der Waals surface area (Å²) in [6, 6.07) is 9.54. The van der Waals surface area contributed by atoms with Crippen LogP contribution in [0.4, 0.5) is 5.69 Å². The zero-order chi connectivity index (χ0) is 22.7. The first-order valence-electron chi connectivity index (χ1n) is 9.46. The van der Waals surface area contributed by atoms with Gasteiger partial charge in [-0.2, -0.15) is 0 Å². The molecule has 2 aromatic rings. The van der Waals surface area contributed by atoms with Crippen LogP contribution in [0.1, 0.15) is 22.7 Å². The summed E-state index contributed by atoms with van der Waals surface area (Å²) >= 11 is 0. The first-order chi connectivity index (χ1) is 14.8. The summed E-state index contributed by atoms with van der Waals surface area (Å²) in [6.45, 7) is 2.01. The number of nitro groups is 1. The number of ether oxygens (including phenoxy) is 2. The molecule has 1 N–H and O–H groups in total. The van der Waals surface area contributed by atoms with E-state index >= 15 is 0 Å². The Balaban J connectivity index is 2.20. The summed E-state index contributed by atoms with van der Waals surface area (Å²) in [5.41, 5.74) is 1.09. The first kappa shape index (κ1) is 22.0. The SMILES string of the molecule is COCCN1C(=O)C(=O)C(=C(O)c2ccc(OC)c(C)c2)[C@H]1c1cccc([N+](=O)[O-])c1. The number of Topliss-reactive ketones (excluding diaryl/α,β-unsaturated/α-hetero) is 1. The lowest BCUT2D eigenvalue weighted by Crippen LogP contribution is -2.32. The number of benzene rings is 2. The Labute approximate surface area is 178 Å². The van der Waals surface area contributed by atoms with Gasteiger partial charge in [0.2, 0.25) is 0 Å². The van der Waals surface area contributed by atoms with Crippen molar-refractivity contribution in [3.05, 3.63) is 74.8 Å². The average Bonchev–Trinajstić information content (AvgIpc) is 3.01. The van der Waals surface area contributed by atoms with E-state index in [9.17, 15) is 24.8 Å². The minimum Gasteiger partial charge on any atom is -0.507 e. The molecule has 2 aromatic carbocycles. The van der Waals surface area contributed by atoms with E-state index in [0.717, 1.165) is 5.56 Å². The standard InChI is InChI=1S/C22H22N2O7/c1-13-11-15(7-8-17(13)31-3)20(25)18-19(14-5-4-6-16(12-14)24(28)29)23(9-10-30-2)22(27)21(18)26/h4-8,11-12,19,25H,9-10H2,1-3H3/t19-/m1/s1. The third kappa shape index (κ3) is 4.13. The number of rotatable bonds is 7. The van der Waals surface area contributed by atoms with Crippen LogP contribution in [0.5, 0.6) is 5.75 Å². The Hall–Kier alpha value is -3.72. The fourth-order valence-electron chi connectivity index (χ4n) is 3.64. The molecule has 1 fully saturated rings. The highest BCUT2D eigenvalue weighted by molar-refractivity contribution is 6.46. The zero-order valence-corrected chi connectivity index (χ0v) is 17.3. The molecule has 0 aromatic heterocycles. The van der Waals surface area contributed by atoms with Crippen molar-refractivity contribution >= 4 is 23.1 Å². The van der Waals surface area contributed by atoms with Crippen LogP contribution >= 0.6 is 0 Å². The maximum atomic E-state index is 12.9. The molecule has 0 aliphatic carbocycles. The van der Waals surface area contributed by atoms with Gasteiger partial charge in [0.15, 0.2) is 0 Å². The van der Waals surface area contributed by atoms with Crippen LogP contribution in [0.3, 0.4) is 0 Å². The number of aliphatic hydroxyl groups is 1. The molecule has 1 heterocycles. The summed E-state index contributed by atoms with van der Waals surface area (Å²) in [5.74, 6) is -1.42. The summed E-state index contributed by atoms with van der Waals surface area (Å²) in [4.78, 5) is 37.6.